The van der Waals surface area contributed by atoms with Gasteiger partial charge in [-0.2, -0.15) is 0 Å². The van der Waals surface area contributed by atoms with Gasteiger partial charge in [-0.25, -0.2) is 5.48 Å². The van der Waals surface area contributed by atoms with Crippen LogP contribution in [0.4, 0.5) is 0 Å². The Hall–Kier alpha value is -2.46. The Labute approximate surface area is 105 Å². The molecule has 0 aliphatic rings. The number of aldehydes is 1. The second-order valence-electron chi connectivity index (χ2n) is 3.34. The quantitative estimate of drug-likeness (QED) is 0.158. The summed E-state index contributed by atoms with van der Waals surface area (Å²) in [5.74, 6) is -0.832. The summed E-state index contributed by atoms with van der Waals surface area (Å²) in [5.41, 5.74) is 2.29. The first-order valence-corrected chi connectivity index (χ1v) is 5.27. The zero-order chi connectivity index (χ0) is 13.2. The Bertz CT molecular complexity index is 487. The minimum Gasteiger partial charge on any atom is -0.298 e. The van der Waals surface area contributed by atoms with Crippen molar-refractivity contribution in [3.05, 3.63) is 65.8 Å². The van der Waals surface area contributed by atoms with E-state index in [2.05, 4.69) is 0 Å². The summed E-state index contributed by atoms with van der Waals surface area (Å²) < 4.78 is 0. The summed E-state index contributed by atoms with van der Waals surface area (Å²) in [6.45, 7) is 0. The molecule has 0 saturated heterocycles. The van der Waals surface area contributed by atoms with E-state index in [-0.39, 0.29) is 5.57 Å². The lowest BCUT2D eigenvalue weighted by Gasteiger charge is -1.93. The fourth-order valence-corrected chi connectivity index (χ4v) is 1.19. The molecule has 0 radical (unpaired) electrons. The highest BCUT2D eigenvalue weighted by Crippen LogP contribution is 2.01. The van der Waals surface area contributed by atoms with Crippen LogP contribution in [0.2, 0.25) is 0 Å². The van der Waals surface area contributed by atoms with E-state index in [4.69, 9.17) is 5.21 Å². The molecule has 92 valence electrons. The summed E-state index contributed by atoms with van der Waals surface area (Å²) in [5, 5.41) is 8.35. The number of rotatable bonds is 5. The van der Waals surface area contributed by atoms with Crippen LogP contribution in [-0.4, -0.2) is 17.4 Å². The Balaban J connectivity index is 2.60. The van der Waals surface area contributed by atoms with Crippen molar-refractivity contribution in [2.24, 2.45) is 0 Å². The number of nitrogens with one attached hydrogen (secondary N) is 1. The predicted molar refractivity (Wildman–Crippen MR) is 68.7 cm³/mol. The molecule has 1 rings (SSSR count). The summed E-state index contributed by atoms with van der Waals surface area (Å²) in [6.07, 6.45) is 8.58. The van der Waals surface area contributed by atoms with Crippen LogP contribution in [0.1, 0.15) is 5.56 Å². The molecule has 0 saturated carbocycles. The van der Waals surface area contributed by atoms with Gasteiger partial charge >= 0.3 is 0 Å². The fraction of sp³-hybridized carbons (Fsp3) is 0. The van der Waals surface area contributed by atoms with E-state index in [0.29, 0.717) is 6.29 Å². The van der Waals surface area contributed by atoms with Crippen LogP contribution in [0.25, 0.3) is 6.08 Å². The molecule has 0 bridgehead atoms. The summed E-state index contributed by atoms with van der Waals surface area (Å²) >= 11 is 0. The number of hydrogen-bond donors (Lipinski definition) is 2. The van der Waals surface area contributed by atoms with Gasteiger partial charge in [-0.15, -0.1) is 0 Å². The highest BCUT2D eigenvalue weighted by molar-refractivity contribution is 6.10. The van der Waals surface area contributed by atoms with Crippen molar-refractivity contribution in [2.75, 3.05) is 0 Å². The van der Waals surface area contributed by atoms with Gasteiger partial charge in [-0.3, -0.25) is 14.8 Å². The lowest BCUT2D eigenvalue weighted by Crippen LogP contribution is -2.21. The first-order valence-electron chi connectivity index (χ1n) is 5.27. The molecular formula is C14H13NO3. The highest BCUT2D eigenvalue weighted by Gasteiger charge is 2.03. The number of amides is 1. The number of carbonyl (C=O) groups is 2. The zero-order valence-electron chi connectivity index (χ0n) is 9.61. The van der Waals surface area contributed by atoms with E-state index in [1.54, 1.807) is 18.2 Å². The average molecular weight is 243 g/mol. The van der Waals surface area contributed by atoms with Gasteiger partial charge in [0.25, 0.3) is 5.91 Å². The second-order valence-corrected chi connectivity index (χ2v) is 3.34. The van der Waals surface area contributed by atoms with E-state index >= 15 is 0 Å². The number of carbonyl (C=O) groups excluding carboxylic acids is 2. The van der Waals surface area contributed by atoms with E-state index in [1.165, 1.54) is 11.6 Å². The second kappa shape index (κ2) is 7.76. The normalized spacial score (nSPS) is 11.9. The van der Waals surface area contributed by atoms with Gasteiger partial charge in [-0.05, 0) is 11.6 Å². The Morgan fingerprint density at radius 1 is 1.11 bits per heavy atom. The largest absolute Gasteiger partial charge is 0.298 e. The van der Waals surface area contributed by atoms with Crippen molar-refractivity contribution >= 4 is 18.3 Å². The molecule has 0 aromatic heterocycles. The van der Waals surface area contributed by atoms with Crippen LogP contribution in [0.15, 0.2) is 60.2 Å². The summed E-state index contributed by atoms with van der Waals surface area (Å²) in [6, 6.07) is 9.70. The topological polar surface area (TPSA) is 66.4 Å². The standard InChI is InChI=1S/C14H13NO3/c16-11-13(14(17)15-18)10-6-2-5-9-12-7-3-1-4-8-12/h1-11,18H,(H,15,17)/b6-2+,9-5+,13-10+. The maximum absolute atomic E-state index is 10.9. The Morgan fingerprint density at radius 3 is 2.44 bits per heavy atom. The molecule has 0 unspecified atom stereocenters. The van der Waals surface area contributed by atoms with Crippen LogP contribution < -0.4 is 5.48 Å². The molecule has 0 spiro atoms. The maximum atomic E-state index is 10.9. The smallest absolute Gasteiger partial charge is 0.277 e. The molecule has 18 heavy (non-hydrogen) atoms. The number of allylic oxidation sites excluding steroid dienone is 4. The van der Waals surface area contributed by atoms with Gasteiger partial charge in [0.15, 0.2) is 6.29 Å². The van der Waals surface area contributed by atoms with Crippen molar-refractivity contribution in [3.63, 3.8) is 0 Å². The lowest BCUT2D eigenvalue weighted by atomic mass is 10.2. The van der Waals surface area contributed by atoms with Gasteiger partial charge < -0.3 is 0 Å². The van der Waals surface area contributed by atoms with Crippen molar-refractivity contribution in [2.45, 2.75) is 0 Å². The molecule has 0 heterocycles. The average Bonchev–Trinajstić information content (AvgIpc) is 2.43. The van der Waals surface area contributed by atoms with Gasteiger partial charge in [0.1, 0.15) is 0 Å². The predicted octanol–water partition coefficient (Wildman–Crippen LogP) is 1.89. The first-order chi connectivity index (χ1) is 8.77. The van der Waals surface area contributed by atoms with Crippen molar-refractivity contribution < 1.29 is 14.8 Å². The van der Waals surface area contributed by atoms with Crippen molar-refractivity contribution in [1.82, 2.24) is 5.48 Å². The lowest BCUT2D eigenvalue weighted by molar-refractivity contribution is -0.126. The maximum Gasteiger partial charge on any atom is 0.277 e. The molecule has 2 N–H and O–H groups in total. The molecule has 4 nitrogen and oxygen atoms in total. The SMILES string of the molecule is O=C\C(=C/C=C/C=C/c1ccccc1)C(=O)NO. The van der Waals surface area contributed by atoms with Crippen molar-refractivity contribution in [1.29, 1.82) is 0 Å². The van der Waals surface area contributed by atoms with Crippen LogP contribution >= 0.6 is 0 Å². The number of hydrogen-bond acceptors (Lipinski definition) is 3. The van der Waals surface area contributed by atoms with Gasteiger partial charge in [-0.1, -0.05) is 54.6 Å². The monoisotopic (exact) mass is 243 g/mol. The van der Waals surface area contributed by atoms with Crippen LogP contribution in [-0.2, 0) is 9.59 Å². The fourth-order valence-electron chi connectivity index (χ4n) is 1.19. The molecular weight excluding hydrogens is 230 g/mol. The Morgan fingerprint density at radius 2 is 1.83 bits per heavy atom. The van der Waals surface area contributed by atoms with E-state index < -0.39 is 5.91 Å². The van der Waals surface area contributed by atoms with E-state index in [0.717, 1.165) is 5.56 Å². The molecule has 0 aliphatic carbocycles. The van der Waals surface area contributed by atoms with Gasteiger partial charge in [0.05, 0.1) is 5.57 Å². The minimum atomic E-state index is -0.832. The molecule has 1 amide bonds. The molecule has 1 aromatic rings. The number of hydroxylamine groups is 1. The third-order valence-electron chi connectivity index (χ3n) is 2.08. The Kier molecular flexibility index (Phi) is 5.86. The van der Waals surface area contributed by atoms with Gasteiger partial charge in [0, 0.05) is 0 Å². The first kappa shape index (κ1) is 13.6. The molecule has 1 aromatic carbocycles. The zero-order valence-corrected chi connectivity index (χ0v) is 9.61. The number of benzene rings is 1. The van der Waals surface area contributed by atoms with E-state index in [9.17, 15) is 9.59 Å². The summed E-state index contributed by atoms with van der Waals surface area (Å²) in [4.78, 5) is 21.4. The molecule has 4 heteroatoms. The third-order valence-corrected chi connectivity index (χ3v) is 2.08. The van der Waals surface area contributed by atoms with Gasteiger partial charge in [0.2, 0.25) is 0 Å². The van der Waals surface area contributed by atoms with Crippen LogP contribution in [0, 0.1) is 0 Å². The minimum absolute atomic E-state index is 0.151. The highest BCUT2D eigenvalue weighted by atomic mass is 16.5. The van der Waals surface area contributed by atoms with Crippen LogP contribution in [0.5, 0.6) is 0 Å². The molecule has 0 aliphatic heterocycles. The van der Waals surface area contributed by atoms with Crippen molar-refractivity contribution in [3.8, 4) is 0 Å². The molecule has 0 fully saturated rings. The van der Waals surface area contributed by atoms with Crippen LogP contribution in [0.3, 0.4) is 0 Å². The summed E-state index contributed by atoms with van der Waals surface area (Å²) in [7, 11) is 0. The van der Waals surface area contributed by atoms with E-state index in [1.807, 2.05) is 36.4 Å². The third kappa shape index (κ3) is 4.59. The molecule has 0 atom stereocenters.